The number of carbonyl (C=O) groups excluding carboxylic acids is 1. The number of primary amides is 1. The van der Waals surface area contributed by atoms with E-state index < -0.39 is 0 Å². The summed E-state index contributed by atoms with van der Waals surface area (Å²) in [6.07, 6.45) is 7.88. The quantitative estimate of drug-likeness (QED) is 0.852. The third kappa shape index (κ3) is 1.75. The second kappa shape index (κ2) is 4.42. The molecule has 2 heteroatoms. The Hall–Kier alpha value is -1.31. The number of nitrogens with two attached hydrogens (primary N) is 1. The lowest BCUT2D eigenvalue weighted by atomic mass is 9.56. The van der Waals surface area contributed by atoms with Gasteiger partial charge in [0.05, 0.1) is 0 Å². The fourth-order valence-electron chi connectivity index (χ4n) is 4.28. The number of rotatable bonds is 2. The Morgan fingerprint density at radius 1 is 1.28 bits per heavy atom. The van der Waals surface area contributed by atoms with Gasteiger partial charge in [0.1, 0.15) is 0 Å². The van der Waals surface area contributed by atoms with Crippen LogP contribution in [0.5, 0.6) is 0 Å². The van der Waals surface area contributed by atoms with Crippen LogP contribution >= 0.6 is 0 Å². The molecule has 2 nitrogen and oxygen atoms in total. The first kappa shape index (κ1) is 11.8. The molecule has 0 aromatic heterocycles. The first-order valence-corrected chi connectivity index (χ1v) is 7.09. The van der Waals surface area contributed by atoms with Gasteiger partial charge in [-0.1, -0.05) is 37.1 Å². The van der Waals surface area contributed by atoms with Crippen LogP contribution in [-0.2, 0) is 16.6 Å². The van der Waals surface area contributed by atoms with Crippen molar-refractivity contribution in [2.45, 2.75) is 50.4 Å². The van der Waals surface area contributed by atoms with Crippen molar-refractivity contribution < 1.29 is 4.79 Å². The smallest absolute Gasteiger partial charge is 0.218 e. The van der Waals surface area contributed by atoms with Gasteiger partial charge in [0.25, 0.3) is 0 Å². The summed E-state index contributed by atoms with van der Waals surface area (Å²) in [6.45, 7) is 0. The van der Waals surface area contributed by atoms with Gasteiger partial charge in [-0.25, -0.2) is 0 Å². The lowest BCUT2D eigenvalue weighted by Crippen LogP contribution is -2.44. The minimum absolute atomic E-state index is 0.0545. The third-order valence-electron chi connectivity index (χ3n) is 5.01. The van der Waals surface area contributed by atoms with Gasteiger partial charge >= 0.3 is 0 Å². The summed E-state index contributed by atoms with van der Waals surface area (Å²) in [4.78, 5) is 11.5. The maximum absolute atomic E-state index is 11.5. The Bertz CT molecular complexity index is 468. The fourth-order valence-corrected chi connectivity index (χ4v) is 4.28. The van der Waals surface area contributed by atoms with Crippen molar-refractivity contribution in [1.82, 2.24) is 0 Å². The zero-order valence-corrected chi connectivity index (χ0v) is 10.8. The molecule has 0 radical (unpaired) electrons. The lowest BCUT2D eigenvalue weighted by molar-refractivity contribution is -0.120. The molecule has 0 aliphatic heterocycles. The van der Waals surface area contributed by atoms with E-state index in [4.69, 9.17) is 5.73 Å². The van der Waals surface area contributed by atoms with Crippen LogP contribution in [0.15, 0.2) is 24.3 Å². The second-order valence-electron chi connectivity index (χ2n) is 5.94. The normalized spacial score (nSPS) is 30.3. The molecule has 2 aliphatic carbocycles. The Morgan fingerprint density at radius 3 is 2.94 bits per heavy atom. The van der Waals surface area contributed by atoms with Crippen LogP contribution in [0.2, 0.25) is 0 Å². The van der Waals surface area contributed by atoms with Crippen molar-refractivity contribution in [3.8, 4) is 0 Å². The van der Waals surface area contributed by atoms with E-state index in [0.717, 1.165) is 6.42 Å². The summed E-state index contributed by atoms with van der Waals surface area (Å²) < 4.78 is 0. The highest BCUT2D eigenvalue weighted by molar-refractivity contribution is 5.76. The molecule has 0 spiro atoms. The monoisotopic (exact) mass is 243 g/mol. The molecule has 96 valence electrons. The number of hydrogen-bond donors (Lipinski definition) is 1. The number of amides is 1. The summed E-state index contributed by atoms with van der Waals surface area (Å²) in [5, 5.41) is 0. The van der Waals surface area contributed by atoms with Gasteiger partial charge in [0, 0.05) is 11.8 Å². The largest absolute Gasteiger partial charge is 0.370 e. The highest BCUT2D eigenvalue weighted by Crippen LogP contribution is 2.51. The van der Waals surface area contributed by atoms with Gasteiger partial charge in [-0.3, -0.25) is 4.79 Å². The SMILES string of the molecule is NC(=O)C[C@]12CCCC[C@H]1CCc1ccccc12. The molecule has 0 heterocycles. The molecular weight excluding hydrogens is 222 g/mol. The average molecular weight is 243 g/mol. The number of benzene rings is 1. The molecule has 1 aromatic rings. The van der Waals surface area contributed by atoms with Gasteiger partial charge in [0.2, 0.25) is 5.91 Å². The molecular formula is C16H21NO. The van der Waals surface area contributed by atoms with E-state index in [-0.39, 0.29) is 11.3 Å². The standard InChI is InChI=1S/C16H21NO/c17-15(18)11-16-10-4-3-6-13(16)9-8-12-5-1-2-7-14(12)16/h1-2,5,7,13H,3-4,6,8-11H2,(H2,17,18)/t13-,16+/m0/s1. The van der Waals surface area contributed by atoms with Gasteiger partial charge in [0.15, 0.2) is 0 Å². The number of fused-ring (bicyclic) bond motifs is 3. The van der Waals surface area contributed by atoms with Crippen molar-refractivity contribution in [2.75, 3.05) is 0 Å². The minimum atomic E-state index is -0.140. The molecule has 1 saturated carbocycles. The van der Waals surface area contributed by atoms with E-state index in [9.17, 15) is 4.79 Å². The van der Waals surface area contributed by atoms with E-state index in [1.807, 2.05) is 0 Å². The molecule has 1 aromatic carbocycles. The van der Waals surface area contributed by atoms with Crippen molar-refractivity contribution in [2.24, 2.45) is 11.7 Å². The second-order valence-corrected chi connectivity index (χ2v) is 5.94. The van der Waals surface area contributed by atoms with Gasteiger partial charge in [-0.15, -0.1) is 0 Å². The minimum Gasteiger partial charge on any atom is -0.370 e. The van der Waals surface area contributed by atoms with Crippen LogP contribution in [0.1, 0.15) is 49.7 Å². The van der Waals surface area contributed by atoms with E-state index >= 15 is 0 Å². The van der Waals surface area contributed by atoms with Crippen LogP contribution in [0.25, 0.3) is 0 Å². The van der Waals surface area contributed by atoms with Crippen LogP contribution in [-0.4, -0.2) is 5.91 Å². The van der Waals surface area contributed by atoms with Gasteiger partial charge in [-0.2, -0.15) is 0 Å². The van der Waals surface area contributed by atoms with Crippen LogP contribution in [0.3, 0.4) is 0 Å². The summed E-state index contributed by atoms with van der Waals surface area (Å²) in [7, 11) is 0. The lowest BCUT2D eigenvalue weighted by Gasteiger charge is -2.48. The molecule has 1 fully saturated rings. The predicted molar refractivity (Wildman–Crippen MR) is 72.2 cm³/mol. The predicted octanol–water partition coefficient (Wildman–Crippen LogP) is 2.94. The Balaban J connectivity index is 2.09. The maximum atomic E-state index is 11.5. The fraction of sp³-hybridized carbons (Fsp3) is 0.562. The molecule has 3 rings (SSSR count). The van der Waals surface area contributed by atoms with Crippen LogP contribution in [0.4, 0.5) is 0 Å². The summed E-state index contributed by atoms with van der Waals surface area (Å²) in [5.74, 6) is 0.521. The highest BCUT2D eigenvalue weighted by atomic mass is 16.1. The Labute approximate surface area is 109 Å². The Morgan fingerprint density at radius 2 is 2.11 bits per heavy atom. The third-order valence-corrected chi connectivity index (χ3v) is 5.01. The summed E-state index contributed by atoms with van der Waals surface area (Å²) in [5.41, 5.74) is 8.46. The molecule has 18 heavy (non-hydrogen) atoms. The van der Waals surface area contributed by atoms with Crippen molar-refractivity contribution in [3.05, 3.63) is 35.4 Å². The Kier molecular flexibility index (Phi) is 2.89. The molecule has 1 amide bonds. The molecule has 2 atom stereocenters. The average Bonchev–Trinajstić information content (AvgIpc) is 2.38. The maximum Gasteiger partial charge on any atom is 0.218 e. The van der Waals surface area contributed by atoms with Crippen LogP contribution in [0, 0.1) is 5.92 Å². The topological polar surface area (TPSA) is 43.1 Å². The molecule has 0 unspecified atom stereocenters. The zero-order valence-electron chi connectivity index (χ0n) is 10.8. The number of hydrogen-bond acceptors (Lipinski definition) is 1. The summed E-state index contributed by atoms with van der Waals surface area (Å²) >= 11 is 0. The zero-order chi connectivity index (χ0) is 12.6. The van der Waals surface area contributed by atoms with Crippen molar-refractivity contribution >= 4 is 5.91 Å². The first-order valence-electron chi connectivity index (χ1n) is 7.09. The van der Waals surface area contributed by atoms with Gasteiger partial charge < -0.3 is 5.73 Å². The summed E-state index contributed by atoms with van der Waals surface area (Å²) in [6, 6.07) is 8.68. The number of aryl methyl sites for hydroxylation is 1. The molecule has 0 bridgehead atoms. The van der Waals surface area contributed by atoms with E-state index in [2.05, 4.69) is 24.3 Å². The van der Waals surface area contributed by atoms with Crippen LogP contribution < -0.4 is 5.73 Å². The number of carbonyl (C=O) groups is 1. The molecule has 2 aliphatic rings. The van der Waals surface area contributed by atoms with Crippen molar-refractivity contribution in [3.63, 3.8) is 0 Å². The van der Waals surface area contributed by atoms with Gasteiger partial charge in [-0.05, 0) is 42.7 Å². The highest BCUT2D eigenvalue weighted by Gasteiger charge is 2.45. The van der Waals surface area contributed by atoms with Crippen molar-refractivity contribution in [1.29, 1.82) is 0 Å². The van der Waals surface area contributed by atoms with E-state index in [1.165, 1.54) is 43.2 Å². The van der Waals surface area contributed by atoms with E-state index in [1.54, 1.807) is 0 Å². The molecule has 2 N–H and O–H groups in total. The first-order chi connectivity index (χ1) is 8.72. The van der Waals surface area contributed by atoms with E-state index in [0.29, 0.717) is 12.3 Å². The molecule has 0 saturated heterocycles.